The molecule has 1 heterocycles. The second-order valence-electron chi connectivity index (χ2n) is 7.30. The minimum Gasteiger partial charge on any atom is -0.260 e. The van der Waals surface area contributed by atoms with E-state index < -0.39 is 0 Å². The molecule has 1 nitrogen and oxygen atoms in total. The number of nitrogens with zero attached hydrogens (tertiary/aromatic N) is 1. The van der Waals surface area contributed by atoms with E-state index in [0.29, 0.717) is 5.92 Å². The fraction of sp³-hybridized carbons (Fsp3) is 0.348. The third-order valence-electron chi connectivity index (χ3n) is 5.63. The molecule has 0 bridgehead atoms. The number of rotatable bonds is 3. The number of allylic oxidation sites excluding steroid dienone is 1. The molecular formula is C23H25N. The summed E-state index contributed by atoms with van der Waals surface area (Å²) in [6, 6.07) is 15.6. The Kier molecular flexibility index (Phi) is 4.10. The summed E-state index contributed by atoms with van der Waals surface area (Å²) in [5, 5.41) is 0. The second-order valence-corrected chi connectivity index (χ2v) is 7.30. The molecule has 0 spiro atoms. The highest BCUT2D eigenvalue weighted by molar-refractivity contribution is 5.85. The van der Waals surface area contributed by atoms with E-state index in [1.54, 1.807) is 0 Å². The van der Waals surface area contributed by atoms with Gasteiger partial charge in [-0.25, -0.2) is 0 Å². The Morgan fingerprint density at radius 3 is 2.50 bits per heavy atom. The Labute approximate surface area is 145 Å². The van der Waals surface area contributed by atoms with Gasteiger partial charge in [-0.3, -0.25) is 4.99 Å². The van der Waals surface area contributed by atoms with Crippen LogP contribution in [0.4, 0.5) is 5.69 Å². The molecule has 1 unspecified atom stereocenters. The van der Waals surface area contributed by atoms with Gasteiger partial charge in [0, 0.05) is 12.1 Å². The Morgan fingerprint density at radius 1 is 1.00 bits per heavy atom. The SMILES string of the molecule is C=C(c1ccc2c(c1)N=CC2c1ccc(C)cc1)C1CCCCC1. The summed E-state index contributed by atoms with van der Waals surface area (Å²) < 4.78 is 0. The van der Waals surface area contributed by atoms with Crippen molar-refractivity contribution in [3.8, 4) is 0 Å². The topological polar surface area (TPSA) is 12.4 Å². The summed E-state index contributed by atoms with van der Waals surface area (Å²) in [5.74, 6) is 0.952. The predicted octanol–water partition coefficient (Wildman–Crippen LogP) is 6.44. The van der Waals surface area contributed by atoms with Gasteiger partial charge in [0.05, 0.1) is 5.69 Å². The zero-order valence-corrected chi connectivity index (χ0v) is 14.5. The zero-order chi connectivity index (χ0) is 16.5. The van der Waals surface area contributed by atoms with Gasteiger partial charge < -0.3 is 0 Å². The molecule has 1 heteroatoms. The second kappa shape index (κ2) is 6.39. The molecular weight excluding hydrogens is 290 g/mol. The molecule has 0 radical (unpaired) electrons. The zero-order valence-electron chi connectivity index (χ0n) is 14.5. The first-order valence-electron chi connectivity index (χ1n) is 9.16. The van der Waals surface area contributed by atoms with Crippen LogP contribution in [0.1, 0.15) is 60.3 Å². The van der Waals surface area contributed by atoms with Gasteiger partial charge in [-0.15, -0.1) is 0 Å². The summed E-state index contributed by atoms with van der Waals surface area (Å²) in [7, 11) is 0. The van der Waals surface area contributed by atoms with Crippen molar-refractivity contribution in [1.82, 2.24) is 0 Å². The van der Waals surface area contributed by atoms with E-state index in [4.69, 9.17) is 4.99 Å². The van der Waals surface area contributed by atoms with Crippen LogP contribution in [-0.2, 0) is 0 Å². The minimum absolute atomic E-state index is 0.289. The van der Waals surface area contributed by atoms with Crippen LogP contribution >= 0.6 is 0 Å². The van der Waals surface area contributed by atoms with E-state index >= 15 is 0 Å². The predicted molar refractivity (Wildman–Crippen MR) is 103 cm³/mol. The third-order valence-corrected chi connectivity index (χ3v) is 5.63. The highest BCUT2D eigenvalue weighted by atomic mass is 14.8. The standard InChI is InChI=1S/C23H25N/c1-16-8-10-19(11-9-16)22-15-24-23-14-20(12-13-21(22)23)17(2)18-6-4-3-5-7-18/h8-15,18,22H,2-7H2,1H3. The van der Waals surface area contributed by atoms with E-state index in [2.05, 4.69) is 62.2 Å². The van der Waals surface area contributed by atoms with Crippen LogP contribution in [0.3, 0.4) is 0 Å². The minimum atomic E-state index is 0.289. The van der Waals surface area contributed by atoms with Crippen LogP contribution in [0.5, 0.6) is 0 Å². The van der Waals surface area contributed by atoms with Crippen molar-refractivity contribution >= 4 is 17.5 Å². The van der Waals surface area contributed by atoms with Gasteiger partial charge >= 0.3 is 0 Å². The van der Waals surface area contributed by atoms with Gasteiger partial charge in [-0.05, 0) is 54.0 Å². The smallest absolute Gasteiger partial charge is 0.0674 e. The molecule has 4 rings (SSSR count). The summed E-state index contributed by atoms with van der Waals surface area (Å²) in [4.78, 5) is 4.70. The fourth-order valence-electron chi connectivity index (χ4n) is 4.08. The first kappa shape index (κ1) is 15.4. The summed E-state index contributed by atoms with van der Waals surface area (Å²) in [5.41, 5.74) is 7.65. The van der Waals surface area contributed by atoms with Gasteiger partial charge in [-0.1, -0.05) is 67.8 Å². The van der Waals surface area contributed by atoms with Crippen molar-refractivity contribution < 1.29 is 0 Å². The van der Waals surface area contributed by atoms with Crippen molar-refractivity contribution in [3.63, 3.8) is 0 Å². The van der Waals surface area contributed by atoms with Crippen LogP contribution in [0.25, 0.3) is 5.57 Å². The van der Waals surface area contributed by atoms with E-state index in [0.717, 1.165) is 5.69 Å². The van der Waals surface area contributed by atoms with Gasteiger partial charge in [0.15, 0.2) is 0 Å². The lowest BCUT2D eigenvalue weighted by Gasteiger charge is -2.24. The molecule has 0 N–H and O–H groups in total. The monoisotopic (exact) mass is 315 g/mol. The maximum absolute atomic E-state index is 4.70. The van der Waals surface area contributed by atoms with Crippen LogP contribution in [0.15, 0.2) is 54.0 Å². The molecule has 1 saturated carbocycles. The van der Waals surface area contributed by atoms with E-state index in [1.165, 1.54) is 59.9 Å². The lowest BCUT2D eigenvalue weighted by atomic mass is 9.81. The molecule has 1 atom stereocenters. The highest BCUT2D eigenvalue weighted by Gasteiger charge is 2.23. The molecule has 1 fully saturated rings. The molecule has 0 aromatic heterocycles. The van der Waals surface area contributed by atoms with Crippen LogP contribution in [0, 0.1) is 12.8 Å². The first-order chi connectivity index (χ1) is 11.7. The van der Waals surface area contributed by atoms with E-state index in [-0.39, 0.29) is 5.92 Å². The van der Waals surface area contributed by atoms with Gasteiger partial charge in [0.2, 0.25) is 0 Å². The molecule has 2 aromatic carbocycles. The van der Waals surface area contributed by atoms with Crippen molar-refractivity contribution in [2.24, 2.45) is 10.9 Å². The summed E-state index contributed by atoms with van der Waals surface area (Å²) in [6.45, 7) is 6.54. The lowest BCUT2D eigenvalue weighted by Crippen LogP contribution is -2.08. The summed E-state index contributed by atoms with van der Waals surface area (Å²) in [6.07, 6.45) is 8.76. The Morgan fingerprint density at radius 2 is 1.75 bits per heavy atom. The highest BCUT2D eigenvalue weighted by Crippen LogP contribution is 2.40. The number of aliphatic imine (C=N–C) groups is 1. The van der Waals surface area contributed by atoms with E-state index in [1.807, 2.05) is 0 Å². The van der Waals surface area contributed by atoms with Crippen LogP contribution in [0.2, 0.25) is 0 Å². The third kappa shape index (κ3) is 2.84. The molecule has 2 aliphatic rings. The summed E-state index contributed by atoms with van der Waals surface area (Å²) >= 11 is 0. The molecule has 2 aromatic rings. The van der Waals surface area contributed by atoms with Gasteiger partial charge in [0.25, 0.3) is 0 Å². The van der Waals surface area contributed by atoms with Crippen molar-refractivity contribution in [3.05, 3.63) is 71.3 Å². The molecule has 24 heavy (non-hydrogen) atoms. The van der Waals surface area contributed by atoms with Gasteiger partial charge in [0.1, 0.15) is 0 Å². The van der Waals surface area contributed by atoms with Crippen LogP contribution < -0.4 is 0 Å². The number of aryl methyl sites for hydroxylation is 1. The number of benzene rings is 2. The van der Waals surface area contributed by atoms with Crippen molar-refractivity contribution in [2.75, 3.05) is 0 Å². The lowest BCUT2D eigenvalue weighted by molar-refractivity contribution is 0.430. The molecule has 0 amide bonds. The van der Waals surface area contributed by atoms with Crippen molar-refractivity contribution in [2.45, 2.75) is 44.9 Å². The van der Waals surface area contributed by atoms with Gasteiger partial charge in [-0.2, -0.15) is 0 Å². The first-order valence-corrected chi connectivity index (χ1v) is 9.16. The normalized spacial score (nSPS) is 20.1. The molecule has 1 aliphatic heterocycles. The average Bonchev–Trinajstić information content (AvgIpc) is 3.05. The number of hydrogen-bond donors (Lipinski definition) is 0. The number of hydrogen-bond acceptors (Lipinski definition) is 1. The largest absolute Gasteiger partial charge is 0.260 e. The van der Waals surface area contributed by atoms with Crippen LogP contribution in [-0.4, -0.2) is 6.21 Å². The Hall–Kier alpha value is -2.15. The Bertz CT molecular complexity index is 776. The Balaban J connectivity index is 1.59. The average molecular weight is 315 g/mol. The number of fused-ring (bicyclic) bond motifs is 1. The maximum atomic E-state index is 4.70. The molecule has 1 aliphatic carbocycles. The van der Waals surface area contributed by atoms with E-state index in [9.17, 15) is 0 Å². The molecule has 122 valence electrons. The molecule has 0 saturated heterocycles. The quantitative estimate of drug-likeness (QED) is 0.618. The fourth-order valence-corrected chi connectivity index (χ4v) is 4.08. The maximum Gasteiger partial charge on any atom is 0.0674 e. The van der Waals surface area contributed by atoms with Crippen molar-refractivity contribution in [1.29, 1.82) is 0 Å².